The van der Waals surface area contributed by atoms with Crippen molar-refractivity contribution in [3.8, 4) is 0 Å². The van der Waals surface area contributed by atoms with Gasteiger partial charge in [-0.05, 0) is 32.9 Å². The van der Waals surface area contributed by atoms with Crippen molar-refractivity contribution in [3.05, 3.63) is 52.5 Å². The lowest BCUT2D eigenvalue weighted by Crippen LogP contribution is -2.15. The van der Waals surface area contributed by atoms with Crippen LogP contribution in [0.15, 0.2) is 28.7 Å². The van der Waals surface area contributed by atoms with Crippen LogP contribution in [-0.2, 0) is 0 Å². The third-order valence-electron chi connectivity index (χ3n) is 3.19. The van der Waals surface area contributed by atoms with Crippen LogP contribution < -0.4 is 11.1 Å². The predicted octanol–water partition coefficient (Wildman–Crippen LogP) is 3.09. The van der Waals surface area contributed by atoms with Crippen molar-refractivity contribution in [1.82, 2.24) is 0 Å². The van der Waals surface area contributed by atoms with Gasteiger partial charge < -0.3 is 15.5 Å². The molecule has 1 aromatic carbocycles. The molecule has 0 unspecified atom stereocenters. The molecule has 0 bridgehead atoms. The average molecular weight is 288 g/mol. The van der Waals surface area contributed by atoms with Crippen LogP contribution in [0.1, 0.15) is 33.0 Å². The Morgan fingerprint density at radius 2 is 1.95 bits per heavy atom. The Labute approximate surface area is 123 Å². The average Bonchev–Trinajstić information content (AvgIpc) is 2.63. The molecule has 0 saturated carbocycles. The smallest absolute Gasteiger partial charge is 0.259 e. The highest BCUT2D eigenvalue weighted by atomic mass is 32.1. The van der Waals surface area contributed by atoms with E-state index in [4.69, 9.17) is 22.4 Å². The number of anilines is 1. The summed E-state index contributed by atoms with van der Waals surface area (Å²) in [6, 6.07) is 7.13. The second kappa shape index (κ2) is 5.46. The second-order valence-electron chi connectivity index (χ2n) is 4.61. The summed E-state index contributed by atoms with van der Waals surface area (Å²) >= 11 is 4.92. The number of hydrogen-bond donors (Lipinski definition) is 2. The Bertz CT molecular complexity index is 689. The molecule has 4 nitrogen and oxygen atoms in total. The van der Waals surface area contributed by atoms with Gasteiger partial charge in [-0.1, -0.05) is 24.4 Å². The van der Waals surface area contributed by atoms with Gasteiger partial charge in [-0.15, -0.1) is 0 Å². The molecule has 0 radical (unpaired) electrons. The third kappa shape index (κ3) is 2.72. The number of rotatable bonds is 3. The lowest BCUT2D eigenvalue weighted by atomic mass is 10.1. The Morgan fingerprint density at radius 3 is 2.50 bits per heavy atom. The molecule has 1 aromatic heterocycles. The number of carbonyl (C=O) groups excluding carboxylic acids is 1. The molecular weight excluding hydrogens is 272 g/mol. The van der Waals surface area contributed by atoms with E-state index in [9.17, 15) is 4.79 Å². The molecule has 0 fully saturated rings. The summed E-state index contributed by atoms with van der Waals surface area (Å²) in [7, 11) is 0. The quantitative estimate of drug-likeness (QED) is 0.852. The summed E-state index contributed by atoms with van der Waals surface area (Å²) in [5.74, 6) is 1.17. The van der Waals surface area contributed by atoms with Gasteiger partial charge >= 0.3 is 0 Å². The fourth-order valence-electron chi connectivity index (χ4n) is 2.07. The predicted molar refractivity (Wildman–Crippen MR) is 83.2 cm³/mol. The van der Waals surface area contributed by atoms with Crippen LogP contribution in [0.2, 0.25) is 0 Å². The van der Waals surface area contributed by atoms with Crippen molar-refractivity contribution in [2.75, 3.05) is 5.32 Å². The Balaban J connectivity index is 2.28. The lowest BCUT2D eigenvalue weighted by Gasteiger charge is -2.07. The maximum atomic E-state index is 12.3. The van der Waals surface area contributed by atoms with Crippen molar-refractivity contribution in [2.24, 2.45) is 5.73 Å². The van der Waals surface area contributed by atoms with Gasteiger partial charge in [0, 0.05) is 16.8 Å². The first-order valence-electron chi connectivity index (χ1n) is 6.18. The van der Waals surface area contributed by atoms with E-state index < -0.39 is 0 Å². The number of furan rings is 1. The van der Waals surface area contributed by atoms with E-state index >= 15 is 0 Å². The molecule has 0 aliphatic rings. The van der Waals surface area contributed by atoms with E-state index in [2.05, 4.69) is 5.32 Å². The minimum atomic E-state index is -0.197. The van der Waals surface area contributed by atoms with Crippen LogP contribution in [0.5, 0.6) is 0 Å². The summed E-state index contributed by atoms with van der Waals surface area (Å²) in [4.78, 5) is 12.6. The monoisotopic (exact) mass is 288 g/mol. The third-order valence-corrected chi connectivity index (χ3v) is 3.43. The van der Waals surface area contributed by atoms with E-state index in [0.29, 0.717) is 22.0 Å². The van der Waals surface area contributed by atoms with Gasteiger partial charge in [0.2, 0.25) is 0 Å². The fourth-order valence-corrected chi connectivity index (χ4v) is 2.20. The highest BCUT2D eigenvalue weighted by Gasteiger charge is 2.18. The normalized spacial score (nSPS) is 10.3. The molecule has 104 valence electrons. The first-order chi connectivity index (χ1) is 9.40. The Kier molecular flexibility index (Phi) is 3.90. The van der Waals surface area contributed by atoms with E-state index in [0.717, 1.165) is 16.9 Å². The maximum Gasteiger partial charge on any atom is 0.259 e. The lowest BCUT2D eigenvalue weighted by molar-refractivity contribution is 0.102. The molecule has 0 aliphatic heterocycles. The van der Waals surface area contributed by atoms with Gasteiger partial charge in [-0.2, -0.15) is 0 Å². The summed E-state index contributed by atoms with van der Waals surface area (Å²) in [6.45, 7) is 5.49. The van der Waals surface area contributed by atoms with E-state index in [1.165, 1.54) is 0 Å². The molecule has 5 heteroatoms. The minimum Gasteiger partial charge on any atom is -0.466 e. The standard InChI is InChI=1S/C15H16N2O2S/c1-8-9(2)19-10(3)13(8)15(18)17-12-6-4-5-11(7-12)14(16)20/h4-7H,1-3H3,(H2,16,20)(H,17,18). The van der Waals surface area contributed by atoms with E-state index in [1.54, 1.807) is 31.2 Å². The number of amides is 1. The van der Waals surface area contributed by atoms with Crippen LogP contribution in [-0.4, -0.2) is 10.9 Å². The second-order valence-corrected chi connectivity index (χ2v) is 5.05. The van der Waals surface area contributed by atoms with Crippen LogP contribution in [0.25, 0.3) is 0 Å². The zero-order valence-corrected chi connectivity index (χ0v) is 12.4. The first kappa shape index (κ1) is 14.3. The highest BCUT2D eigenvalue weighted by molar-refractivity contribution is 7.80. The Morgan fingerprint density at radius 1 is 1.25 bits per heavy atom. The molecule has 3 N–H and O–H groups in total. The maximum absolute atomic E-state index is 12.3. The molecule has 1 heterocycles. The van der Waals surface area contributed by atoms with Gasteiger partial charge in [0.25, 0.3) is 5.91 Å². The molecule has 0 aliphatic carbocycles. The number of carbonyl (C=O) groups is 1. The molecular formula is C15H16N2O2S. The van der Waals surface area contributed by atoms with Gasteiger partial charge in [-0.25, -0.2) is 0 Å². The van der Waals surface area contributed by atoms with Crippen molar-refractivity contribution >= 4 is 28.8 Å². The van der Waals surface area contributed by atoms with Gasteiger partial charge in [0.1, 0.15) is 16.5 Å². The number of nitrogens with two attached hydrogens (primary N) is 1. The van der Waals surface area contributed by atoms with Gasteiger partial charge in [0.15, 0.2) is 0 Å². The number of hydrogen-bond acceptors (Lipinski definition) is 3. The topological polar surface area (TPSA) is 68.3 Å². The fraction of sp³-hybridized carbons (Fsp3) is 0.200. The van der Waals surface area contributed by atoms with Gasteiger partial charge in [-0.3, -0.25) is 4.79 Å². The van der Waals surface area contributed by atoms with Crippen LogP contribution in [0.3, 0.4) is 0 Å². The zero-order chi connectivity index (χ0) is 14.9. The van der Waals surface area contributed by atoms with Crippen molar-refractivity contribution in [2.45, 2.75) is 20.8 Å². The highest BCUT2D eigenvalue weighted by Crippen LogP contribution is 2.22. The summed E-state index contributed by atoms with van der Waals surface area (Å²) in [6.07, 6.45) is 0. The van der Waals surface area contributed by atoms with Crippen LogP contribution in [0.4, 0.5) is 5.69 Å². The zero-order valence-electron chi connectivity index (χ0n) is 11.6. The molecule has 0 atom stereocenters. The van der Waals surface area contributed by atoms with Crippen LogP contribution in [0, 0.1) is 20.8 Å². The summed E-state index contributed by atoms with van der Waals surface area (Å²) in [5.41, 5.74) is 8.37. The number of aryl methyl sites for hydroxylation is 2. The first-order valence-corrected chi connectivity index (χ1v) is 6.58. The van der Waals surface area contributed by atoms with Crippen molar-refractivity contribution in [1.29, 1.82) is 0 Å². The minimum absolute atomic E-state index is 0.197. The van der Waals surface area contributed by atoms with E-state index in [1.807, 2.05) is 13.8 Å². The number of thiocarbonyl (C=S) groups is 1. The molecule has 0 spiro atoms. The number of benzene rings is 1. The summed E-state index contributed by atoms with van der Waals surface area (Å²) < 4.78 is 5.46. The summed E-state index contributed by atoms with van der Waals surface area (Å²) in [5, 5.41) is 2.83. The van der Waals surface area contributed by atoms with Crippen molar-refractivity contribution < 1.29 is 9.21 Å². The number of nitrogens with one attached hydrogen (secondary N) is 1. The largest absolute Gasteiger partial charge is 0.466 e. The molecule has 1 amide bonds. The Hall–Kier alpha value is -2.14. The van der Waals surface area contributed by atoms with Crippen LogP contribution >= 0.6 is 12.2 Å². The molecule has 20 heavy (non-hydrogen) atoms. The van der Waals surface area contributed by atoms with Crippen molar-refractivity contribution in [3.63, 3.8) is 0 Å². The SMILES string of the molecule is Cc1oc(C)c(C(=O)Nc2cccc(C(N)=S)c2)c1C. The molecule has 0 saturated heterocycles. The van der Waals surface area contributed by atoms with Gasteiger partial charge in [0.05, 0.1) is 5.56 Å². The molecule has 2 aromatic rings. The van der Waals surface area contributed by atoms with E-state index in [-0.39, 0.29) is 5.91 Å². The molecule has 2 rings (SSSR count).